The van der Waals surface area contributed by atoms with E-state index in [9.17, 15) is 0 Å². The second-order valence-electron chi connectivity index (χ2n) is 23.0. The molecule has 0 bridgehead atoms. The maximum Gasteiger partial charge on any atom is -0.00262 e. The molecule has 0 amide bonds. The van der Waals surface area contributed by atoms with Crippen molar-refractivity contribution in [3.63, 3.8) is 0 Å². The van der Waals surface area contributed by atoms with E-state index in [-0.39, 0.29) is 0 Å². The summed E-state index contributed by atoms with van der Waals surface area (Å²) < 4.78 is 0. The van der Waals surface area contributed by atoms with Crippen LogP contribution in [0.3, 0.4) is 0 Å². The Morgan fingerprint density at radius 2 is 0.386 bits per heavy atom. The van der Waals surface area contributed by atoms with Gasteiger partial charge in [-0.05, 0) is 201 Å². The number of hydrogen-bond donors (Lipinski definition) is 0. The van der Waals surface area contributed by atoms with E-state index >= 15 is 0 Å². The van der Waals surface area contributed by atoms with Crippen LogP contribution in [0.1, 0.15) is 0 Å². The molecule has 0 aliphatic carbocycles. The Hall–Kier alpha value is -11.4. The van der Waals surface area contributed by atoms with Gasteiger partial charge >= 0.3 is 0 Å². The van der Waals surface area contributed by atoms with Gasteiger partial charge in [0, 0.05) is 0 Å². The Morgan fingerprint density at radius 3 is 0.807 bits per heavy atom. The van der Waals surface area contributed by atoms with Gasteiger partial charge in [0.05, 0.1) is 0 Å². The molecular formula is C88H58. The highest BCUT2D eigenvalue weighted by molar-refractivity contribution is 6.23. The molecule has 17 aromatic carbocycles. The second-order valence-corrected chi connectivity index (χ2v) is 23.0. The van der Waals surface area contributed by atoms with Crippen LogP contribution in [0.25, 0.3) is 164 Å². The summed E-state index contributed by atoms with van der Waals surface area (Å²) >= 11 is 0. The molecule has 17 aromatic rings. The summed E-state index contributed by atoms with van der Waals surface area (Å²) in [6.45, 7) is 0. The zero-order valence-corrected chi connectivity index (χ0v) is 48.5. The molecule has 0 saturated heterocycles. The van der Waals surface area contributed by atoms with Crippen molar-refractivity contribution in [1.82, 2.24) is 0 Å². The molecule has 0 aliphatic rings. The lowest BCUT2D eigenvalue weighted by molar-refractivity contribution is 1.61. The molecule has 0 spiro atoms. The highest BCUT2D eigenvalue weighted by Gasteiger charge is 2.20. The van der Waals surface area contributed by atoms with Crippen molar-refractivity contribution in [3.05, 3.63) is 352 Å². The molecule has 0 radical (unpaired) electrons. The predicted octanol–water partition coefficient (Wildman–Crippen LogP) is 24.8. The van der Waals surface area contributed by atoms with Crippen LogP contribution in [0.2, 0.25) is 0 Å². The fraction of sp³-hybridized carbons (Fsp3) is 0. The van der Waals surface area contributed by atoms with Gasteiger partial charge in [-0.1, -0.05) is 315 Å². The summed E-state index contributed by atoms with van der Waals surface area (Å²) in [5, 5.41) is 17.8. The van der Waals surface area contributed by atoms with Gasteiger partial charge in [0.2, 0.25) is 0 Å². The first-order valence-electron chi connectivity index (χ1n) is 30.5. The van der Waals surface area contributed by atoms with Gasteiger partial charge in [-0.3, -0.25) is 0 Å². The molecule has 0 heteroatoms. The Bertz CT molecular complexity index is 5380. The zero-order valence-electron chi connectivity index (χ0n) is 48.5. The SMILES string of the molecule is c1ccc(-c2cccc(-c3c4ccccc4c(-c4cccc(-c5cc6ccccc6c6ccccc56)c4)c4ccccc34)c2)cc1.c1ccc(-c2cccc(-c3c4ccccc4c(-c4cccc(-c5ccc6ccccc6c5)c4)c4ccccc34)c2)cc1. The van der Waals surface area contributed by atoms with Crippen LogP contribution >= 0.6 is 0 Å². The van der Waals surface area contributed by atoms with Crippen LogP contribution in [-0.2, 0) is 0 Å². The van der Waals surface area contributed by atoms with Crippen LogP contribution in [0, 0.1) is 0 Å². The van der Waals surface area contributed by atoms with Crippen LogP contribution in [-0.4, -0.2) is 0 Å². The van der Waals surface area contributed by atoms with Crippen molar-refractivity contribution >= 4 is 75.4 Å². The Kier molecular flexibility index (Phi) is 13.3. The molecule has 0 aromatic heterocycles. The average molecular weight is 1120 g/mol. The van der Waals surface area contributed by atoms with Gasteiger partial charge in [-0.25, -0.2) is 0 Å². The van der Waals surface area contributed by atoms with E-state index in [1.807, 2.05) is 0 Å². The largest absolute Gasteiger partial charge is 0.0622 e. The highest BCUT2D eigenvalue weighted by atomic mass is 14.2. The molecule has 88 heavy (non-hydrogen) atoms. The third kappa shape index (κ3) is 9.46. The number of fused-ring (bicyclic) bond motifs is 8. The minimum absolute atomic E-state index is 1.23. The first kappa shape index (κ1) is 52.1. The standard InChI is InChI=1S/C46H30.C42H28/c1-2-14-31(15-3-1)32-17-12-19-35(28-32)45-40-24-8-10-26-42(40)46(43-27-11-9-25-41(43)45)36-20-13-18-33(29-36)44-30-34-16-4-5-21-37(34)38-22-6-7-23-39(38)44;1-2-12-29(13-3-1)32-16-10-18-35(27-32)41-37-20-6-8-22-39(37)42(40-23-9-7-21-38(40)41)36-19-11-17-33(28-36)34-25-24-30-14-4-5-15-31(30)26-34/h1-30H;1-28H. The third-order valence-corrected chi connectivity index (χ3v) is 17.8. The molecule has 0 heterocycles. The highest BCUT2D eigenvalue weighted by Crippen LogP contribution is 2.48. The fourth-order valence-electron chi connectivity index (χ4n) is 13.8. The van der Waals surface area contributed by atoms with E-state index in [2.05, 4.69) is 352 Å². The van der Waals surface area contributed by atoms with E-state index in [0.29, 0.717) is 0 Å². The Labute approximate surface area is 513 Å². The predicted molar refractivity (Wildman–Crippen MR) is 379 cm³/mol. The van der Waals surface area contributed by atoms with Gasteiger partial charge in [0.25, 0.3) is 0 Å². The molecule has 0 atom stereocenters. The first-order chi connectivity index (χ1) is 43.7. The van der Waals surface area contributed by atoms with Gasteiger partial charge < -0.3 is 0 Å². The van der Waals surface area contributed by atoms with E-state index in [1.165, 1.54) is 164 Å². The van der Waals surface area contributed by atoms with E-state index in [4.69, 9.17) is 0 Å². The summed E-state index contributed by atoms with van der Waals surface area (Å²) in [5.41, 5.74) is 19.9. The normalized spacial score (nSPS) is 11.4. The number of hydrogen-bond acceptors (Lipinski definition) is 0. The monoisotopic (exact) mass is 1110 g/mol. The first-order valence-corrected chi connectivity index (χ1v) is 30.5. The summed E-state index contributed by atoms with van der Waals surface area (Å²) in [4.78, 5) is 0. The molecule has 0 N–H and O–H groups in total. The summed E-state index contributed by atoms with van der Waals surface area (Å²) in [6, 6.07) is 128. The topological polar surface area (TPSA) is 0 Å². The van der Waals surface area contributed by atoms with E-state index in [1.54, 1.807) is 0 Å². The molecule has 0 unspecified atom stereocenters. The Balaban J connectivity index is 0.000000142. The van der Waals surface area contributed by atoms with Crippen LogP contribution < -0.4 is 0 Å². The average Bonchev–Trinajstić information content (AvgIpc) is 1.08. The summed E-state index contributed by atoms with van der Waals surface area (Å²) in [7, 11) is 0. The van der Waals surface area contributed by atoms with Crippen molar-refractivity contribution in [2.45, 2.75) is 0 Å². The minimum Gasteiger partial charge on any atom is -0.0622 e. The van der Waals surface area contributed by atoms with E-state index < -0.39 is 0 Å². The summed E-state index contributed by atoms with van der Waals surface area (Å²) in [6.07, 6.45) is 0. The molecule has 410 valence electrons. The number of rotatable bonds is 8. The van der Waals surface area contributed by atoms with Crippen LogP contribution in [0.4, 0.5) is 0 Å². The molecule has 0 nitrogen and oxygen atoms in total. The van der Waals surface area contributed by atoms with Gasteiger partial charge in [-0.15, -0.1) is 0 Å². The molecular weight excluding hydrogens is 1060 g/mol. The summed E-state index contributed by atoms with van der Waals surface area (Å²) in [5.74, 6) is 0. The van der Waals surface area contributed by atoms with E-state index in [0.717, 1.165) is 0 Å². The smallest absolute Gasteiger partial charge is 0.00262 e. The molecule has 0 fully saturated rings. The van der Waals surface area contributed by atoms with Crippen molar-refractivity contribution in [2.75, 3.05) is 0 Å². The van der Waals surface area contributed by atoms with Gasteiger partial charge in [-0.2, -0.15) is 0 Å². The lowest BCUT2D eigenvalue weighted by Crippen LogP contribution is -1.92. The lowest BCUT2D eigenvalue weighted by atomic mass is 9.84. The zero-order chi connectivity index (χ0) is 58.3. The Morgan fingerprint density at radius 1 is 0.114 bits per heavy atom. The third-order valence-electron chi connectivity index (χ3n) is 17.8. The fourth-order valence-corrected chi connectivity index (χ4v) is 13.8. The minimum atomic E-state index is 1.23. The maximum atomic E-state index is 2.39. The molecule has 0 saturated carbocycles. The van der Waals surface area contributed by atoms with Gasteiger partial charge in [0.15, 0.2) is 0 Å². The van der Waals surface area contributed by atoms with Crippen molar-refractivity contribution in [1.29, 1.82) is 0 Å². The van der Waals surface area contributed by atoms with Crippen molar-refractivity contribution < 1.29 is 0 Å². The van der Waals surface area contributed by atoms with Crippen LogP contribution in [0.15, 0.2) is 352 Å². The van der Waals surface area contributed by atoms with Gasteiger partial charge in [0.1, 0.15) is 0 Å². The van der Waals surface area contributed by atoms with Crippen molar-refractivity contribution in [2.24, 2.45) is 0 Å². The maximum absolute atomic E-state index is 2.39. The second kappa shape index (κ2) is 22.5. The molecule has 17 rings (SSSR count). The number of benzene rings is 17. The quantitative estimate of drug-likeness (QED) is 0.105. The van der Waals surface area contributed by atoms with Crippen molar-refractivity contribution in [3.8, 4) is 89.0 Å². The van der Waals surface area contributed by atoms with Crippen LogP contribution in [0.5, 0.6) is 0 Å². The molecule has 0 aliphatic heterocycles. The lowest BCUT2D eigenvalue weighted by Gasteiger charge is -2.19.